The number of alkyl halides is 3. The number of rotatable bonds is 6. The highest BCUT2D eigenvalue weighted by molar-refractivity contribution is 7.80. The molecule has 2 rings (SSSR count). The van der Waals surface area contributed by atoms with Crippen LogP contribution < -0.4 is 20.7 Å². The second-order valence-corrected chi connectivity index (χ2v) is 10.1. The minimum Gasteiger partial charge on any atom is -0.482 e. The van der Waals surface area contributed by atoms with E-state index >= 15 is 0 Å². The lowest BCUT2D eigenvalue weighted by Gasteiger charge is -2.27. The van der Waals surface area contributed by atoms with Gasteiger partial charge in [0, 0.05) is 10.7 Å². The first-order valence-corrected chi connectivity index (χ1v) is 11.0. The summed E-state index contributed by atoms with van der Waals surface area (Å²) in [4.78, 5) is 12.3. The number of ether oxygens (including phenoxy) is 1. The van der Waals surface area contributed by atoms with Crippen LogP contribution in [0.3, 0.4) is 0 Å². The molecule has 2 aromatic rings. The van der Waals surface area contributed by atoms with Crippen LogP contribution in [0.25, 0.3) is 0 Å². The molecular weight excluding hydrogens is 558 g/mol. The van der Waals surface area contributed by atoms with Crippen LogP contribution in [0.15, 0.2) is 36.4 Å². The molecular formula is C17H12Cl7N3O2S. The fraction of sp³-hybridized carbons (Fsp3) is 0.176. The van der Waals surface area contributed by atoms with E-state index in [9.17, 15) is 4.79 Å². The van der Waals surface area contributed by atoms with Crippen molar-refractivity contribution >= 4 is 110 Å². The van der Waals surface area contributed by atoms with Gasteiger partial charge < -0.3 is 20.7 Å². The van der Waals surface area contributed by atoms with Crippen molar-refractivity contribution in [3.63, 3.8) is 0 Å². The molecule has 30 heavy (non-hydrogen) atoms. The highest BCUT2D eigenvalue weighted by atomic mass is 35.6. The van der Waals surface area contributed by atoms with Gasteiger partial charge in [0.25, 0.3) is 5.91 Å². The summed E-state index contributed by atoms with van der Waals surface area (Å²) in [6.07, 6.45) is -1.18. The molecule has 0 fully saturated rings. The van der Waals surface area contributed by atoms with E-state index in [-0.39, 0.29) is 15.9 Å². The maximum Gasteiger partial charge on any atom is 0.259 e. The van der Waals surface area contributed by atoms with Gasteiger partial charge in [-0.25, -0.2) is 0 Å². The minimum absolute atomic E-state index is 0.0617. The fourth-order valence-electron chi connectivity index (χ4n) is 2.01. The molecule has 13 heteroatoms. The van der Waals surface area contributed by atoms with Gasteiger partial charge in [-0.2, -0.15) is 0 Å². The fourth-order valence-corrected chi connectivity index (χ4v) is 3.33. The molecule has 0 spiro atoms. The Hall–Kier alpha value is -0.570. The first-order chi connectivity index (χ1) is 14.0. The first kappa shape index (κ1) is 25.7. The molecule has 1 amide bonds. The Morgan fingerprint density at radius 3 is 2.27 bits per heavy atom. The van der Waals surface area contributed by atoms with Crippen molar-refractivity contribution in [2.75, 3.05) is 11.9 Å². The van der Waals surface area contributed by atoms with Gasteiger partial charge in [-0.05, 0) is 48.6 Å². The number of carbonyl (C=O) groups is 1. The van der Waals surface area contributed by atoms with Crippen LogP contribution in [-0.4, -0.2) is 27.6 Å². The Kier molecular flexibility index (Phi) is 9.71. The quantitative estimate of drug-likeness (QED) is 0.211. The van der Waals surface area contributed by atoms with Crippen molar-refractivity contribution in [1.82, 2.24) is 10.6 Å². The van der Waals surface area contributed by atoms with Crippen molar-refractivity contribution in [1.29, 1.82) is 0 Å². The van der Waals surface area contributed by atoms with Gasteiger partial charge in [-0.15, -0.1) is 0 Å². The summed E-state index contributed by atoms with van der Waals surface area (Å²) in [5.41, 5.74) is 0.539. The lowest BCUT2D eigenvalue weighted by molar-refractivity contribution is -0.123. The van der Waals surface area contributed by atoms with Crippen LogP contribution in [0.1, 0.15) is 0 Å². The molecule has 0 aromatic heterocycles. The standard InChI is InChI=1S/C17H12Cl7N3O2S/c18-8-1-4-13(12(21)5-8)29-7-14(28)26-15(17(22,23)24)27-16(30)25-9-2-3-10(19)11(20)6-9/h1-6,15H,7H2,(H,26,28)(H2,25,27,30)/t15-/m1/s1. The summed E-state index contributed by atoms with van der Waals surface area (Å²) < 4.78 is 3.42. The zero-order chi connectivity index (χ0) is 22.5. The van der Waals surface area contributed by atoms with E-state index in [0.29, 0.717) is 20.8 Å². The van der Waals surface area contributed by atoms with Gasteiger partial charge in [-0.3, -0.25) is 4.79 Å². The third-order valence-corrected chi connectivity index (χ3v) is 5.48. The van der Waals surface area contributed by atoms with Gasteiger partial charge in [0.1, 0.15) is 11.9 Å². The second-order valence-electron chi connectivity index (χ2n) is 5.63. The molecule has 0 saturated heterocycles. The maximum atomic E-state index is 12.3. The molecule has 0 aliphatic heterocycles. The highest BCUT2D eigenvalue weighted by Gasteiger charge is 2.34. The van der Waals surface area contributed by atoms with E-state index in [1.54, 1.807) is 24.3 Å². The van der Waals surface area contributed by atoms with Crippen LogP contribution >= 0.6 is 93.4 Å². The number of halogens is 7. The van der Waals surface area contributed by atoms with Crippen LogP contribution in [0, 0.1) is 0 Å². The van der Waals surface area contributed by atoms with Gasteiger partial charge in [0.2, 0.25) is 3.79 Å². The largest absolute Gasteiger partial charge is 0.482 e. The molecule has 0 saturated carbocycles. The number of nitrogens with one attached hydrogen (secondary N) is 3. The van der Waals surface area contributed by atoms with Crippen LogP contribution in [0.2, 0.25) is 20.1 Å². The van der Waals surface area contributed by atoms with E-state index in [1.165, 1.54) is 12.1 Å². The number of carbonyl (C=O) groups excluding carboxylic acids is 1. The number of anilines is 1. The third-order valence-electron chi connectivity index (χ3n) is 3.34. The van der Waals surface area contributed by atoms with E-state index in [4.69, 9.17) is 98.2 Å². The molecule has 5 nitrogen and oxygen atoms in total. The smallest absolute Gasteiger partial charge is 0.259 e. The Labute approximate surface area is 213 Å². The molecule has 0 radical (unpaired) electrons. The molecule has 2 aromatic carbocycles. The minimum atomic E-state index is -1.93. The Morgan fingerprint density at radius 2 is 1.67 bits per heavy atom. The molecule has 0 aliphatic rings. The molecule has 3 N–H and O–H groups in total. The molecule has 162 valence electrons. The molecule has 0 aliphatic carbocycles. The summed E-state index contributed by atoms with van der Waals surface area (Å²) in [6, 6.07) is 9.37. The summed E-state index contributed by atoms with van der Waals surface area (Å²) in [7, 11) is 0. The van der Waals surface area contributed by atoms with E-state index in [0.717, 1.165) is 0 Å². The zero-order valence-electron chi connectivity index (χ0n) is 14.6. The van der Waals surface area contributed by atoms with Gasteiger partial charge in [0.15, 0.2) is 11.7 Å². The monoisotopic (exact) mass is 567 g/mol. The van der Waals surface area contributed by atoms with Gasteiger partial charge in [0.05, 0.1) is 15.1 Å². The van der Waals surface area contributed by atoms with E-state index < -0.39 is 22.5 Å². The average Bonchev–Trinajstić information content (AvgIpc) is 2.62. The van der Waals surface area contributed by atoms with E-state index in [2.05, 4.69) is 16.0 Å². The molecule has 1 atom stereocenters. The van der Waals surface area contributed by atoms with Crippen molar-refractivity contribution in [3.8, 4) is 5.75 Å². The lowest BCUT2D eigenvalue weighted by atomic mass is 10.3. The Bertz CT molecular complexity index is 940. The number of amides is 1. The SMILES string of the molecule is O=C(COc1ccc(Cl)cc1Cl)N[C@H](NC(=S)Nc1ccc(Cl)c(Cl)c1)C(Cl)(Cl)Cl. The van der Waals surface area contributed by atoms with Crippen molar-refractivity contribution < 1.29 is 9.53 Å². The van der Waals surface area contributed by atoms with Gasteiger partial charge in [-0.1, -0.05) is 81.2 Å². The number of benzene rings is 2. The second kappa shape index (κ2) is 11.3. The van der Waals surface area contributed by atoms with Crippen LogP contribution in [0.4, 0.5) is 5.69 Å². The van der Waals surface area contributed by atoms with Crippen LogP contribution in [-0.2, 0) is 4.79 Å². The summed E-state index contributed by atoms with van der Waals surface area (Å²) >= 11 is 46.7. The predicted octanol–water partition coefficient (Wildman–Crippen LogP) is 6.48. The van der Waals surface area contributed by atoms with Crippen molar-refractivity contribution in [2.45, 2.75) is 9.96 Å². The van der Waals surface area contributed by atoms with Crippen molar-refractivity contribution in [2.24, 2.45) is 0 Å². The topological polar surface area (TPSA) is 62.4 Å². The number of thiocarbonyl (C=S) groups is 1. The summed E-state index contributed by atoms with van der Waals surface area (Å²) in [5, 5.41) is 9.48. The maximum absolute atomic E-state index is 12.3. The normalized spacial score (nSPS) is 12.1. The number of hydrogen-bond acceptors (Lipinski definition) is 3. The summed E-state index contributed by atoms with van der Waals surface area (Å²) in [6.45, 7) is -0.396. The third kappa shape index (κ3) is 8.17. The zero-order valence-corrected chi connectivity index (χ0v) is 20.7. The lowest BCUT2D eigenvalue weighted by Crippen LogP contribution is -2.56. The van der Waals surface area contributed by atoms with Crippen molar-refractivity contribution in [3.05, 3.63) is 56.5 Å². The van der Waals surface area contributed by atoms with E-state index in [1.807, 2.05) is 0 Å². The number of hydrogen-bond donors (Lipinski definition) is 3. The van der Waals surface area contributed by atoms with Crippen LogP contribution in [0.5, 0.6) is 5.75 Å². The molecule has 0 heterocycles. The Balaban J connectivity index is 1.96. The average molecular weight is 571 g/mol. The Morgan fingerprint density at radius 1 is 0.967 bits per heavy atom. The molecule has 0 bridgehead atoms. The first-order valence-electron chi connectivity index (χ1n) is 7.92. The van der Waals surface area contributed by atoms with Gasteiger partial charge >= 0.3 is 0 Å². The summed E-state index contributed by atoms with van der Waals surface area (Å²) in [5.74, 6) is -0.325. The predicted molar refractivity (Wildman–Crippen MR) is 130 cm³/mol. The molecule has 0 unspecified atom stereocenters. The highest BCUT2D eigenvalue weighted by Crippen LogP contribution is 2.30.